The highest BCUT2D eigenvalue weighted by Crippen LogP contribution is 2.26. The van der Waals surface area contributed by atoms with Gasteiger partial charge in [-0.1, -0.05) is 50.2 Å². The smallest absolute Gasteiger partial charge is 0.130 e. The first-order chi connectivity index (χ1) is 8.25. The number of hydrogen-bond acceptors (Lipinski definition) is 1. The summed E-state index contributed by atoms with van der Waals surface area (Å²) in [6.45, 7) is 4.44. The Balaban J connectivity index is 2.20. The van der Waals surface area contributed by atoms with Gasteiger partial charge in [-0.05, 0) is 36.1 Å². The maximum atomic E-state index is 5.91. The lowest BCUT2D eigenvalue weighted by molar-refractivity contribution is 0.471. The molecule has 0 N–H and O–H groups in total. The molecule has 0 aromatic heterocycles. The number of benzene rings is 2. The molecule has 2 aromatic carbocycles. The van der Waals surface area contributed by atoms with Crippen LogP contribution in [0.5, 0.6) is 11.5 Å². The molecule has 2 rings (SSSR count). The fourth-order valence-corrected chi connectivity index (χ4v) is 1.83. The van der Waals surface area contributed by atoms with E-state index in [0.29, 0.717) is 5.92 Å². The van der Waals surface area contributed by atoms with Crippen molar-refractivity contribution in [1.82, 2.24) is 0 Å². The van der Waals surface area contributed by atoms with Gasteiger partial charge in [-0.25, -0.2) is 0 Å². The maximum Gasteiger partial charge on any atom is 0.130 e. The lowest BCUT2D eigenvalue weighted by Gasteiger charge is -2.12. The Labute approximate surface area is 103 Å². The van der Waals surface area contributed by atoms with Gasteiger partial charge in [0.15, 0.2) is 0 Å². The van der Waals surface area contributed by atoms with Crippen molar-refractivity contribution in [2.24, 2.45) is 5.92 Å². The average molecular weight is 226 g/mol. The molecule has 1 nitrogen and oxygen atoms in total. The van der Waals surface area contributed by atoms with Gasteiger partial charge in [0, 0.05) is 0 Å². The van der Waals surface area contributed by atoms with Crippen molar-refractivity contribution in [1.29, 1.82) is 0 Å². The van der Waals surface area contributed by atoms with Gasteiger partial charge >= 0.3 is 0 Å². The molecule has 0 atom stereocenters. The third kappa shape index (κ3) is 3.35. The summed E-state index contributed by atoms with van der Waals surface area (Å²) in [5.41, 5.74) is 1.27. The molecule has 0 spiro atoms. The Kier molecular flexibility index (Phi) is 3.81. The molecule has 0 radical (unpaired) electrons. The van der Waals surface area contributed by atoms with Crippen LogP contribution in [0.3, 0.4) is 0 Å². The van der Waals surface area contributed by atoms with Crippen LogP contribution in [0.15, 0.2) is 54.6 Å². The van der Waals surface area contributed by atoms with Crippen molar-refractivity contribution in [2.45, 2.75) is 20.3 Å². The summed E-state index contributed by atoms with van der Waals surface area (Å²) in [6, 6.07) is 18.2. The zero-order valence-electron chi connectivity index (χ0n) is 10.4. The van der Waals surface area contributed by atoms with E-state index in [9.17, 15) is 0 Å². The van der Waals surface area contributed by atoms with E-state index < -0.39 is 0 Å². The number of ether oxygens (including phenoxy) is 1. The first-order valence-electron chi connectivity index (χ1n) is 6.06. The second-order valence-electron chi connectivity index (χ2n) is 4.62. The van der Waals surface area contributed by atoms with Crippen molar-refractivity contribution in [3.8, 4) is 11.5 Å². The molecule has 2 aromatic rings. The Morgan fingerprint density at radius 1 is 0.882 bits per heavy atom. The van der Waals surface area contributed by atoms with E-state index >= 15 is 0 Å². The van der Waals surface area contributed by atoms with Gasteiger partial charge in [0.2, 0.25) is 0 Å². The van der Waals surface area contributed by atoms with Gasteiger partial charge in [-0.3, -0.25) is 0 Å². The van der Waals surface area contributed by atoms with E-state index in [1.165, 1.54) is 5.56 Å². The summed E-state index contributed by atoms with van der Waals surface area (Å²) >= 11 is 0. The molecule has 0 aliphatic carbocycles. The molecule has 0 saturated carbocycles. The lowest BCUT2D eigenvalue weighted by atomic mass is 10.0. The first-order valence-corrected chi connectivity index (χ1v) is 6.06. The molecule has 0 amide bonds. The van der Waals surface area contributed by atoms with Crippen molar-refractivity contribution in [3.05, 3.63) is 60.2 Å². The zero-order chi connectivity index (χ0) is 12.1. The average Bonchev–Trinajstić information content (AvgIpc) is 2.32. The van der Waals surface area contributed by atoms with Crippen LogP contribution in [-0.4, -0.2) is 0 Å². The quantitative estimate of drug-likeness (QED) is 0.735. The highest BCUT2D eigenvalue weighted by Gasteiger charge is 2.05. The molecule has 0 saturated heterocycles. The SMILES string of the molecule is CC(C)Cc1ccccc1Oc1ccccc1. The van der Waals surface area contributed by atoms with Gasteiger partial charge < -0.3 is 4.74 Å². The highest BCUT2D eigenvalue weighted by molar-refractivity contribution is 5.37. The van der Waals surface area contributed by atoms with Crippen LogP contribution in [0, 0.1) is 5.92 Å². The summed E-state index contributed by atoms with van der Waals surface area (Å²) < 4.78 is 5.91. The molecule has 1 heteroatoms. The molecule has 0 aliphatic heterocycles. The highest BCUT2D eigenvalue weighted by atomic mass is 16.5. The van der Waals surface area contributed by atoms with Gasteiger partial charge in [-0.15, -0.1) is 0 Å². The number of para-hydroxylation sites is 2. The van der Waals surface area contributed by atoms with Crippen molar-refractivity contribution < 1.29 is 4.74 Å². The molecule has 17 heavy (non-hydrogen) atoms. The second-order valence-corrected chi connectivity index (χ2v) is 4.62. The summed E-state index contributed by atoms with van der Waals surface area (Å²) in [5.74, 6) is 2.49. The largest absolute Gasteiger partial charge is 0.457 e. The molecule has 0 unspecified atom stereocenters. The van der Waals surface area contributed by atoms with Crippen molar-refractivity contribution in [3.63, 3.8) is 0 Å². The van der Waals surface area contributed by atoms with Gasteiger partial charge in [0.05, 0.1) is 0 Å². The Morgan fingerprint density at radius 3 is 2.24 bits per heavy atom. The molecule has 88 valence electrons. The monoisotopic (exact) mass is 226 g/mol. The van der Waals surface area contributed by atoms with Crippen LogP contribution in [0.25, 0.3) is 0 Å². The van der Waals surface area contributed by atoms with E-state index in [4.69, 9.17) is 4.74 Å². The number of hydrogen-bond donors (Lipinski definition) is 0. The molecular weight excluding hydrogens is 208 g/mol. The zero-order valence-corrected chi connectivity index (χ0v) is 10.4. The van der Waals surface area contributed by atoms with Crippen LogP contribution in [-0.2, 0) is 6.42 Å². The van der Waals surface area contributed by atoms with E-state index in [1.807, 2.05) is 42.5 Å². The van der Waals surface area contributed by atoms with E-state index in [1.54, 1.807) is 0 Å². The topological polar surface area (TPSA) is 9.23 Å². The fourth-order valence-electron chi connectivity index (χ4n) is 1.83. The first kappa shape index (κ1) is 11.7. The third-order valence-corrected chi connectivity index (χ3v) is 2.57. The predicted octanol–water partition coefficient (Wildman–Crippen LogP) is 4.68. The minimum Gasteiger partial charge on any atom is -0.457 e. The molecule has 0 aliphatic rings. The molecule has 0 heterocycles. The van der Waals surface area contributed by atoms with Gasteiger partial charge in [0.1, 0.15) is 11.5 Å². The van der Waals surface area contributed by atoms with Crippen molar-refractivity contribution in [2.75, 3.05) is 0 Å². The van der Waals surface area contributed by atoms with Crippen LogP contribution in [0.4, 0.5) is 0 Å². The number of rotatable bonds is 4. The third-order valence-electron chi connectivity index (χ3n) is 2.57. The summed E-state index contributed by atoms with van der Waals surface area (Å²) in [7, 11) is 0. The Hall–Kier alpha value is -1.76. The van der Waals surface area contributed by atoms with Crippen LogP contribution in [0.2, 0.25) is 0 Å². The van der Waals surface area contributed by atoms with E-state index in [-0.39, 0.29) is 0 Å². The summed E-state index contributed by atoms with van der Waals surface area (Å²) in [4.78, 5) is 0. The standard InChI is InChI=1S/C16H18O/c1-13(2)12-14-8-6-7-11-16(14)17-15-9-4-3-5-10-15/h3-11,13H,12H2,1-2H3. The van der Waals surface area contributed by atoms with Gasteiger partial charge in [-0.2, -0.15) is 0 Å². The molecule has 0 bridgehead atoms. The lowest BCUT2D eigenvalue weighted by Crippen LogP contribution is -1.97. The molecule has 0 fully saturated rings. The Morgan fingerprint density at radius 2 is 1.53 bits per heavy atom. The Bertz CT molecular complexity index is 460. The van der Waals surface area contributed by atoms with E-state index in [2.05, 4.69) is 26.0 Å². The minimum absolute atomic E-state index is 0.635. The predicted molar refractivity (Wildman–Crippen MR) is 71.5 cm³/mol. The second kappa shape index (κ2) is 5.53. The van der Waals surface area contributed by atoms with Gasteiger partial charge in [0.25, 0.3) is 0 Å². The fraction of sp³-hybridized carbons (Fsp3) is 0.250. The normalized spacial score (nSPS) is 10.5. The van der Waals surface area contributed by atoms with E-state index in [0.717, 1.165) is 17.9 Å². The minimum atomic E-state index is 0.635. The van der Waals surface area contributed by atoms with Crippen LogP contribution >= 0.6 is 0 Å². The maximum absolute atomic E-state index is 5.91. The van der Waals surface area contributed by atoms with Crippen molar-refractivity contribution >= 4 is 0 Å². The van der Waals surface area contributed by atoms with Crippen LogP contribution in [0.1, 0.15) is 19.4 Å². The summed E-state index contributed by atoms with van der Waals surface area (Å²) in [6.07, 6.45) is 1.04. The van der Waals surface area contributed by atoms with Crippen LogP contribution < -0.4 is 4.74 Å². The molecular formula is C16H18O. The summed E-state index contributed by atoms with van der Waals surface area (Å²) in [5, 5.41) is 0.